The van der Waals surface area contributed by atoms with Crippen molar-refractivity contribution in [2.45, 2.75) is 0 Å². The van der Waals surface area contributed by atoms with E-state index < -0.39 is 5.91 Å². The van der Waals surface area contributed by atoms with Gasteiger partial charge in [0.15, 0.2) is 0 Å². The van der Waals surface area contributed by atoms with Crippen molar-refractivity contribution < 1.29 is 4.79 Å². The lowest BCUT2D eigenvalue weighted by Crippen LogP contribution is -2.23. The number of rotatable bonds is 1. The summed E-state index contributed by atoms with van der Waals surface area (Å²) in [6.07, 6.45) is 5.39. The molecule has 0 aliphatic carbocycles. The monoisotopic (exact) mass is 193 g/mol. The fourth-order valence-corrected chi connectivity index (χ4v) is 1.93. The van der Waals surface area contributed by atoms with Gasteiger partial charge >= 0.3 is 0 Å². The molecular weight excluding hydrogens is 186 g/mol. The minimum absolute atomic E-state index is 0.419. The molecule has 0 fully saturated rings. The van der Waals surface area contributed by atoms with Gasteiger partial charge in [-0.05, 0) is 12.2 Å². The Kier molecular flexibility index (Phi) is 2.02. The molecular formula is C8H7N3OS. The standard InChI is InChI=1S/C8H7N3OS/c9-7(12)6-4-13-8(11-6)5-2-1-3-10-5/h1-3H,4H2,(H2,9,12). The highest BCUT2D eigenvalue weighted by molar-refractivity contribution is 8.04. The lowest BCUT2D eigenvalue weighted by molar-refractivity contribution is -0.112. The van der Waals surface area contributed by atoms with Crippen LogP contribution in [0.1, 0.15) is 0 Å². The van der Waals surface area contributed by atoms with E-state index in [0.717, 1.165) is 10.7 Å². The van der Waals surface area contributed by atoms with E-state index in [1.54, 1.807) is 6.21 Å². The quantitative estimate of drug-likeness (QED) is 0.657. The second kappa shape index (κ2) is 3.18. The second-order valence-electron chi connectivity index (χ2n) is 2.54. The maximum atomic E-state index is 10.8. The zero-order chi connectivity index (χ0) is 9.26. The van der Waals surface area contributed by atoms with Crippen LogP contribution in [-0.4, -0.2) is 23.6 Å². The average molecular weight is 193 g/mol. The van der Waals surface area contributed by atoms with Crippen LogP contribution in [0.5, 0.6) is 0 Å². The highest BCUT2D eigenvalue weighted by atomic mass is 32.2. The molecule has 2 aliphatic rings. The maximum absolute atomic E-state index is 10.8. The molecule has 66 valence electrons. The molecule has 0 spiro atoms. The number of aliphatic imine (C=N–C) groups is 2. The summed E-state index contributed by atoms with van der Waals surface area (Å²) in [6.45, 7) is 0. The van der Waals surface area contributed by atoms with E-state index in [2.05, 4.69) is 9.98 Å². The maximum Gasteiger partial charge on any atom is 0.264 e. The highest BCUT2D eigenvalue weighted by Crippen LogP contribution is 2.29. The van der Waals surface area contributed by atoms with Gasteiger partial charge in [-0.2, -0.15) is 0 Å². The normalized spacial score (nSPS) is 25.4. The van der Waals surface area contributed by atoms with Gasteiger partial charge in [0.05, 0.1) is 5.70 Å². The molecule has 2 aliphatic heterocycles. The first-order chi connectivity index (χ1) is 6.27. The Labute approximate surface area is 79.3 Å². The van der Waals surface area contributed by atoms with Crippen molar-refractivity contribution in [1.82, 2.24) is 0 Å². The number of thioether (sulfide) groups is 1. The Balaban J connectivity index is 2.31. The van der Waals surface area contributed by atoms with Crippen molar-refractivity contribution in [1.29, 1.82) is 0 Å². The van der Waals surface area contributed by atoms with Crippen LogP contribution >= 0.6 is 11.8 Å². The Morgan fingerprint density at radius 2 is 2.46 bits per heavy atom. The van der Waals surface area contributed by atoms with Gasteiger partial charge in [-0.15, -0.1) is 0 Å². The summed E-state index contributed by atoms with van der Waals surface area (Å²) < 4.78 is 0. The number of allylic oxidation sites excluding steroid dienone is 2. The Bertz CT molecular complexity index is 365. The molecule has 2 heterocycles. The van der Waals surface area contributed by atoms with Crippen molar-refractivity contribution in [3.63, 3.8) is 0 Å². The number of carbonyl (C=O) groups is 1. The number of amides is 1. The summed E-state index contributed by atoms with van der Waals surface area (Å²) in [7, 11) is 0. The van der Waals surface area contributed by atoms with Crippen molar-refractivity contribution in [2.24, 2.45) is 15.7 Å². The number of hydrogen-bond donors (Lipinski definition) is 1. The van der Waals surface area contributed by atoms with E-state index in [9.17, 15) is 4.79 Å². The first-order valence-corrected chi connectivity index (χ1v) is 4.71. The number of carbonyl (C=O) groups excluding carboxylic acids is 1. The van der Waals surface area contributed by atoms with Crippen LogP contribution in [0.15, 0.2) is 32.9 Å². The first kappa shape index (κ1) is 8.25. The van der Waals surface area contributed by atoms with Crippen LogP contribution in [0.2, 0.25) is 0 Å². The van der Waals surface area contributed by atoms with Crippen molar-refractivity contribution in [3.05, 3.63) is 22.9 Å². The van der Waals surface area contributed by atoms with E-state index in [-0.39, 0.29) is 0 Å². The molecule has 0 saturated heterocycles. The Hall–Kier alpha value is -1.36. The van der Waals surface area contributed by atoms with Crippen molar-refractivity contribution >= 4 is 29.6 Å². The van der Waals surface area contributed by atoms with E-state index in [1.165, 1.54) is 11.8 Å². The lowest BCUT2D eigenvalue weighted by Gasteiger charge is -1.91. The van der Waals surface area contributed by atoms with Gasteiger partial charge in [-0.1, -0.05) is 11.8 Å². The summed E-state index contributed by atoms with van der Waals surface area (Å²) >= 11 is 1.49. The van der Waals surface area contributed by atoms with Gasteiger partial charge in [-0.25, -0.2) is 4.99 Å². The summed E-state index contributed by atoms with van der Waals surface area (Å²) in [5.41, 5.74) is 6.32. The fraction of sp³-hybridized carbons (Fsp3) is 0.125. The molecule has 0 aromatic heterocycles. The smallest absolute Gasteiger partial charge is 0.264 e. The molecule has 0 unspecified atom stereocenters. The lowest BCUT2D eigenvalue weighted by atomic mass is 10.4. The van der Waals surface area contributed by atoms with Crippen LogP contribution < -0.4 is 5.73 Å². The van der Waals surface area contributed by atoms with Crippen LogP contribution in [-0.2, 0) is 4.79 Å². The van der Waals surface area contributed by atoms with Gasteiger partial charge in [-0.3, -0.25) is 9.79 Å². The summed E-state index contributed by atoms with van der Waals surface area (Å²) in [4.78, 5) is 18.9. The Morgan fingerprint density at radius 3 is 3.00 bits per heavy atom. The molecule has 5 heteroatoms. The molecule has 0 atom stereocenters. The van der Waals surface area contributed by atoms with Gasteiger partial charge in [0, 0.05) is 12.0 Å². The predicted octanol–water partition coefficient (Wildman–Crippen LogP) is 0.469. The van der Waals surface area contributed by atoms with E-state index in [0.29, 0.717) is 11.5 Å². The van der Waals surface area contributed by atoms with E-state index in [1.807, 2.05) is 12.2 Å². The van der Waals surface area contributed by atoms with Gasteiger partial charge in [0.1, 0.15) is 10.7 Å². The molecule has 1 amide bonds. The van der Waals surface area contributed by atoms with E-state index in [4.69, 9.17) is 5.73 Å². The summed E-state index contributed by atoms with van der Waals surface area (Å²) in [5.74, 6) is 0.103. The molecule has 0 radical (unpaired) electrons. The topological polar surface area (TPSA) is 67.8 Å². The summed E-state index contributed by atoms with van der Waals surface area (Å²) in [6, 6.07) is 0. The third kappa shape index (κ3) is 1.55. The van der Waals surface area contributed by atoms with Gasteiger partial charge in [0.25, 0.3) is 5.91 Å². The Morgan fingerprint density at radius 1 is 1.62 bits per heavy atom. The van der Waals surface area contributed by atoms with Gasteiger partial charge in [0.2, 0.25) is 0 Å². The van der Waals surface area contributed by atoms with Crippen LogP contribution in [0, 0.1) is 0 Å². The molecule has 0 saturated carbocycles. The van der Waals surface area contributed by atoms with E-state index >= 15 is 0 Å². The first-order valence-electron chi connectivity index (χ1n) is 3.72. The minimum Gasteiger partial charge on any atom is -0.365 e. The zero-order valence-corrected chi connectivity index (χ0v) is 7.54. The molecule has 4 nitrogen and oxygen atoms in total. The second-order valence-corrected chi connectivity index (χ2v) is 3.50. The molecule has 2 N–H and O–H groups in total. The summed E-state index contributed by atoms with van der Waals surface area (Å²) in [5, 5.41) is 0.777. The van der Waals surface area contributed by atoms with Crippen LogP contribution in [0.25, 0.3) is 0 Å². The molecule has 13 heavy (non-hydrogen) atoms. The number of nitrogens with two attached hydrogens (primary N) is 1. The van der Waals surface area contributed by atoms with Crippen LogP contribution in [0.4, 0.5) is 0 Å². The molecule has 0 bridgehead atoms. The number of nitrogens with zero attached hydrogens (tertiary/aromatic N) is 2. The number of primary amides is 1. The third-order valence-electron chi connectivity index (χ3n) is 1.64. The molecule has 2 rings (SSSR count). The van der Waals surface area contributed by atoms with Crippen LogP contribution in [0.3, 0.4) is 0 Å². The molecule has 0 aromatic rings. The average Bonchev–Trinajstić information content (AvgIpc) is 2.75. The predicted molar refractivity (Wildman–Crippen MR) is 53.7 cm³/mol. The SMILES string of the molecule is NC(=O)C1=NC(=C2C=CC=N2)SC1. The van der Waals surface area contributed by atoms with Crippen molar-refractivity contribution in [3.8, 4) is 0 Å². The highest BCUT2D eigenvalue weighted by Gasteiger charge is 2.19. The number of hydrogen-bond acceptors (Lipinski definition) is 4. The third-order valence-corrected chi connectivity index (χ3v) is 2.63. The molecule has 0 aromatic carbocycles. The minimum atomic E-state index is -0.450. The zero-order valence-electron chi connectivity index (χ0n) is 6.73. The largest absolute Gasteiger partial charge is 0.365 e. The van der Waals surface area contributed by atoms with Crippen molar-refractivity contribution in [2.75, 3.05) is 5.75 Å². The fourth-order valence-electron chi connectivity index (χ4n) is 1.01. The van der Waals surface area contributed by atoms with Gasteiger partial charge < -0.3 is 5.73 Å².